The number of hydrogen-bond acceptors (Lipinski definition) is 1. The molecule has 0 radical (unpaired) electrons. The van der Waals surface area contributed by atoms with Gasteiger partial charge in [0.05, 0.1) is 0 Å². The monoisotopic (exact) mass is 189 g/mol. The fourth-order valence-electron chi connectivity index (χ4n) is 0.448. The second kappa shape index (κ2) is 5.43. The van der Waals surface area contributed by atoms with Crippen LogP contribution in [-0.4, -0.2) is 12.2 Å². The molecule has 1 nitrogen and oxygen atoms in total. The Balaban J connectivity index is 0. The molecule has 0 aliphatic rings. The Kier molecular flexibility index (Phi) is 6.61. The molecular formula is C6H11ClF3N. The first-order valence-corrected chi connectivity index (χ1v) is 2.90. The maximum atomic E-state index is 11.5. The standard InChI is InChI=1S/C6H10F3N.ClH/c1-2-5(10)3-4-6(7,8)9;/h2,5H,1,3-4,10H2;1H/t5-;/m1./s1. The van der Waals surface area contributed by atoms with Gasteiger partial charge in [0.25, 0.3) is 0 Å². The molecule has 68 valence electrons. The summed E-state index contributed by atoms with van der Waals surface area (Å²) < 4.78 is 34.4. The molecule has 1 atom stereocenters. The summed E-state index contributed by atoms with van der Waals surface area (Å²) in [6.07, 6.45) is -3.69. The first-order chi connectivity index (χ1) is 4.45. The Morgan fingerprint density at radius 2 is 1.91 bits per heavy atom. The van der Waals surface area contributed by atoms with Crippen LogP contribution >= 0.6 is 12.4 Å². The van der Waals surface area contributed by atoms with Crippen molar-refractivity contribution in [3.05, 3.63) is 12.7 Å². The SMILES string of the molecule is C=C[C@@H](N)CCC(F)(F)F.Cl. The molecule has 11 heavy (non-hydrogen) atoms. The highest BCUT2D eigenvalue weighted by Crippen LogP contribution is 2.21. The Labute approximate surface area is 69.9 Å². The smallest absolute Gasteiger partial charge is 0.324 e. The van der Waals surface area contributed by atoms with E-state index >= 15 is 0 Å². The molecular weight excluding hydrogens is 179 g/mol. The summed E-state index contributed by atoms with van der Waals surface area (Å²) in [4.78, 5) is 0. The predicted molar refractivity (Wildman–Crippen MR) is 40.7 cm³/mol. The first-order valence-electron chi connectivity index (χ1n) is 2.90. The number of hydrogen-bond donors (Lipinski definition) is 1. The average Bonchev–Trinajstić information content (AvgIpc) is 1.81. The maximum Gasteiger partial charge on any atom is 0.389 e. The molecule has 0 aromatic heterocycles. The van der Waals surface area contributed by atoms with Crippen molar-refractivity contribution < 1.29 is 13.2 Å². The Hall–Kier alpha value is -0.220. The normalized spacial score (nSPS) is 13.5. The van der Waals surface area contributed by atoms with Gasteiger partial charge in [0, 0.05) is 12.5 Å². The van der Waals surface area contributed by atoms with Crippen LogP contribution in [0.1, 0.15) is 12.8 Å². The van der Waals surface area contributed by atoms with Crippen LogP contribution in [0.2, 0.25) is 0 Å². The third kappa shape index (κ3) is 9.78. The summed E-state index contributed by atoms with van der Waals surface area (Å²) >= 11 is 0. The van der Waals surface area contributed by atoms with E-state index in [1.54, 1.807) is 0 Å². The van der Waals surface area contributed by atoms with E-state index in [-0.39, 0.29) is 18.8 Å². The van der Waals surface area contributed by atoms with Gasteiger partial charge in [-0.2, -0.15) is 13.2 Å². The van der Waals surface area contributed by atoms with E-state index in [9.17, 15) is 13.2 Å². The third-order valence-corrected chi connectivity index (χ3v) is 1.06. The van der Waals surface area contributed by atoms with Crippen molar-refractivity contribution in [3.63, 3.8) is 0 Å². The van der Waals surface area contributed by atoms with Crippen molar-refractivity contribution in [2.75, 3.05) is 0 Å². The second-order valence-corrected chi connectivity index (χ2v) is 2.05. The highest BCUT2D eigenvalue weighted by Gasteiger charge is 2.26. The van der Waals surface area contributed by atoms with Crippen molar-refractivity contribution in [2.24, 2.45) is 5.73 Å². The van der Waals surface area contributed by atoms with Crippen LogP contribution in [0.25, 0.3) is 0 Å². The molecule has 0 saturated carbocycles. The van der Waals surface area contributed by atoms with E-state index in [1.165, 1.54) is 6.08 Å². The number of alkyl halides is 3. The van der Waals surface area contributed by atoms with Gasteiger partial charge in [0.1, 0.15) is 0 Å². The lowest BCUT2D eigenvalue weighted by molar-refractivity contribution is -0.135. The van der Waals surface area contributed by atoms with Gasteiger partial charge in [-0.3, -0.25) is 0 Å². The molecule has 0 amide bonds. The lowest BCUT2D eigenvalue weighted by Gasteiger charge is -2.07. The van der Waals surface area contributed by atoms with Crippen molar-refractivity contribution >= 4 is 12.4 Å². The average molecular weight is 190 g/mol. The molecule has 0 spiro atoms. The highest BCUT2D eigenvalue weighted by molar-refractivity contribution is 5.85. The van der Waals surface area contributed by atoms with Crippen LogP contribution in [0.3, 0.4) is 0 Å². The number of rotatable bonds is 3. The summed E-state index contributed by atoms with van der Waals surface area (Å²) in [5.41, 5.74) is 5.16. The summed E-state index contributed by atoms with van der Waals surface area (Å²) in [6, 6.07) is -0.540. The van der Waals surface area contributed by atoms with E-state index < -0.39 is 18.6 Å². The molecule has 0 fully saturated rings. The van der Waals surface area contributed by atoms with Crippen LogP contribution in [0, 0.1) is 0 Å². The van der Waals surface area contributed by atoms with Gasteiger partial charge in [0.15, 0.2) is 0 Å². The fraction of sp³-hybridized carbons (Fsp3) is 0.667. The van der Waals surface area contributed by atoms with Gasteiger partial charge >= 0.3 is 6.18 Å². The van der Waals surface area contributed by atoms with Crippen molar-refractivity contribution in [3.8, 4) is 0 Å². The molecule has 2 N–H and O–H groups in total. The molecule has 5 heteroatoms. The Morgan fingerprint density at radius 3 is 2.18 bits per heavy atom. The Morgan fingerprint density at radius 1 is 1.45 bits per heavy atom. The van der Waals surface area contributed by atoms with Gasteiger partial charge in [0.2, 0.25) is 0 Å². The molecule has 0 aromatic rings. The molecule has 0 bridgehead atoms. The van der Waals surface area contributed by atoms with E-state index in [1.807, 2.05) is 0 Å². The predicted octanol–water partition coefficient (Wildman–Crippen LogP) is 2.26. The quantitative estimate of drug-likeness (QED) is 0.678. The number of nitrogens with two attached hydrogens (primary N) is 1. The summed E-state index contributed by atoms with van der Waals surface area (Å²) in [6.45, 7) is 3.27. The lowest BCUT2D eigenvalue weighted by atomic mass is 10.2. The molecule has 0 aromatic carbocycles. The van der Waals surface area contributed by atoms with Crippen LogP contribution in [0.4, 0.5) is 13.2 Å². The molecule has 0 unspecified atom stereocenters. The van der Waals surface area contributed by atoms with Gasteiger partial charge in [-0.15, -0.1) is 19.0 Å². The molecule has 0 aliphatic heterocycles. The molecule has 0 rings (SSSR count). The fourth-order valence-corrected chi connectivity index (χ4v) is 0.448. The Bertz CT molecular complexity index is 113. The van der Waals surface area contributed by atoms with Crippen LogP contribution in [-0.2, 0) is 0 Å². The van der Waals surface area contributed by atoms with Gasteiger partial charge in [-0.25, -0.2) is 0 Å². The van der Waals surface area contributed by atoms with Crippen LogP contribution in [0.15, 0.2) is 12.7 Å². The lowest BCUT2D eigenvalue weighted by Crippen LogP contribution is -2.20. The van der Waals surface area contributed by atoms with E-state index in [0.29, 0.717) is 0 Å². The summed E-state index contributed by atoms with van der Waals surface area (Å²) in [5, 5.41) is 0. The van der Waals surface area contributed by atoms with Gasteiger partial charge in [-0.1, -0.05) is 6.08 Å². The zero-order chi connectivity index (χ0) is 8.20. The van der Waals surface area contributed by atoms with Crippen molar-refractivity contribution in [2.45, 2.75) is 25.1 Å². The molecule has 0 heterocycles. The molecule has 0 saturated heterocycles. The van der Waals surface area contributed by atoms with Crippen molar-refractivity contribution in [1.29, 1.82) is 0 Å². The second-order valence-electron chi connectivity index (χ2n) is 2.05. The number of halogens is 4. The zero-order valence-corrected chi connectivity index (χ0v) is 6.71. The molecule has 0 aliphatic carbocycles. The van der Waals surface area contributed by atoms with Gasteiger partial charge in [-0.05, 0) is 6.42 Å². The van der Waals surface area contributed by atoms with Crippen LogP contribution < -0.4 is 5.73 Å². The zero-order valence-electron chi connectivity index (χ0n) is 5.90. The largest absolute Gasteiger partial charge is 0.389 e. The minimum Gasteiger partial charge on any atom is -0.324 e. The van der Waals surface area contributed by atoms with E-state index in [2.05, 4.69) is 6.58 Å². The van der Waals surface area contributed by atoms with Crippen LogP contribution in [0.5, 0.6) is 0 Å². The summed E-state index contributed by atoms with van der Waals surface area (Å²) in [7, 11) is 0. The first kappa shape index (κ1) is 13.4. The van der Waals surface area contributed by atoms with Gasteiger partial charge < -0.3 is 5.73 Å². The van der Waals surface area contributed by atoms with E-state index in [4.69, 9.17) is 5.73 Å². The highest BCUT2D eigenvalue weighted by atomic mass is 35.5. The summed E-state index contributed by atoms with van der Waals surface area (Å²) in [5.74, 6) is 0. The van der Waals surface area contributed by atoms with Crippen molar-refractivity contribution in [1.82, 2.24) is 0 Å². The topological polar surface area (TPSA) is 26.0 Å². The minimum absolute atomic E-state index is 0. The third-order valence-electron chi connectivity index (χ3n) is 1.06. The minimum atomic E-state index is -4.10. The van der Waals surface area contributed by atoms with E-state index in [0.717, 1.165) is 0 Å². The maximum absolute atomic E-state index is 11.5.